The minimum Gasteiger partial charge on any atom is -0.327 e. The molecule has 2 N–H and O–H groups in total. The van der Waals surface area contributed by atoms with Crippen molar-refractivity contribution in [2.45, 2.75) is 25.3 Å². The first kappa shape index (κ1) is 11.9. The molecule has 1 rings (SSSR count). The maximum Gasteiger partial charge on any atom is 0.214 e. The first-order valence-corrected chi connectivity index (χ1v) is 6.46. The van der Waals surface area contributed by atoms with Gasteiger partial charge in [0.1, 0.15) is 0 Å². The molecule has 0 amide bonds. The quantitative estimate of drug-likeness (QED) is 0.736. The fourth-order valence-corrected chi connectivity index (χ4v) is 3.15. The summed E-state index contributed by atoms with van der Waals surface area (Å²) in [5, 5.41) is 0. The Morgan fingerprint density at radius 2 is 2.21 bits per heavy atom. The third kappa shape index (κ3) is 3.18. The van der Waals surface area contributed by atoms with Gasteiger partial charge in [-0.25, -0.2) is 12.7 Å². The van der Waals surface area contributed by atoms with E-state index < -0.39 is 16.7 Å². The van der Waals surface area contributed by atoms with Crippen LogP contribution in [0.2, 0.25) is 0 Å². The molecule has 0 bridgehead atoms. The molecule has 1 saturated heterocycles. The number of hydrogen-bond donors (Lipinski definition) is 1. The standard InChI is InChI=1S/C8H17FN2O2S/c9-4-2-6-14(12,13)11-5-1-3-8(10)7-11/h8H,1-7,10H2. The van der Waals surface area contributed by atoms with Gasteiger partial charge in [0.25, 0.3) is 0 Å². The van der Waals surface area contributed by atoms with E-state index in [1.54, 1.807) is 0 Å². The van der Waals surface area contributed by atoms with Crippen LogP contribution in [0.4, 0.5) is 4.39 Å². The van der Waals surface area contributed by atoms with Gasteiger partial charge >= 0.3 is 0 Å². The average molecular weight is 224 g/mol. The predicted molar refractivity (Wildman–Crippen MR) is 53.2 cm³/mol. The highest BCUT2D eigenvalue weighted by Crippen LogP contribution is 2.13. The first-order chi connectivity index (χ1) is 6.56. The van der Waals surface area contributed by atoms with Crippen molar-refractivity contribution < 1.29 is 12.8 Å². The van der Waals surface area contributed by atoms with Crippen LogP contribution in [0.5, 0.6) is 0 Å². The van der Waals surface area contributed by atoms with E-state index in [0.29, 0.717) is 13.1 Å². The first-order valence-electron chi connectivity index (χ1n) is 4.85. The summed E-state index contributed by atoms with van der Waals surface area (Å²) in [5.74, 6) is -0.101. The minimum atomic E-state index is -3.27. The smallest absolute Gasteiger partial charge is 0.214 e. The summed E-state index contributed by atoms with van der Waals surface area (Å²) < 4.78 is 36.4. The molecule has 1 aliphatic heterocycles. The molecule has 84 valence electrons. The van der Waals surface area contributed by atoms with Gasteiger partial charge in [-0.3, -0.25) is 4.39 Å². The summed E-state index contributed by atoms with van der Waals surface area (Å²) in [6, 6.07) is -0.0658. The van der Waals surface area contributed by atoms with E-state index >= 15 is 0 Å². The Kier molecular flexibility index (Phi) is 4.28. The molecule has 0 aromatic heterocycles. The molecule has 6 heteroatoms. The van der Waals surface area contributed by atoms with Crippen molar-refractivity contribution in [1.29, 1.82) is 0 Å². The van der Waals surface area contributed by atoms with Crippen molar-refractivity contribution in [3.05, 3.63) is 0 Å². The number of halogens is 1. The fourth-order valence-electron chi connectivity index (χ4n) is 1.59. The van der Waals surface area contributed by atoms with Gasteiger partial charge < -0.3 is 5.73 Å². The highest BCUT2D eigenvalue weighted by atomic mass is 32.2. The molecule has 4 nitrogen and oxygen atoms in total. The SMILES string of the molecule is NC1CCCN(S(=O)(=O)CCCF)C1. The van der Waals surface area contributed by atoms with Crippen LogP contribution in [-0.2, 0) is 10.0 Å². The molecule has 0 aromatic rings. The van der Waals surface area contributed by atoms with Gasteiger partial charge in [-0.1, -0.05) is 0 Å². The third-order valence-electron chi connectivity index (χ3n) is 2.35. The molecule has 1 aliphatic rings. The monoisotopic (exact) mass is 224 g/mol. The van der Waals surface area contributed by atoms with Gasteiger partial charge in [0, 0.05) is 19.1 Å². The van der Waals surface area contributed by atoms with E-state index in [-0.39, 0.29) is 18.2 Å². The Hall–Kier alpha value is -0.200. The summed E-state index contributed by atoms with van der Waals surface area (Å²) in [7, 11) is -3.27. The molecule has 14 heavy (non-hydrogen) atoms. The lowest BCUT2D eigenvalue weighted by atomic mass is 10.1. The molecule has 0 spiro atoms. The second-order valence-corrected chi connectivity index (χ2v) is 5.71. The Morgan fingerprint density at radius 1 is 1.50 bits per heavy atom. The van der Waals surface area contributed by atoms with E-state index in [1.807, 2.05) is 0 Å². The molecule has 1 unspecified atom stereocenters. The van der Waals surface area contributed by atoms with E-state index in [2.05, 4.69) is 0 Å². The van der Waals surface area contributed by atoms with Crippen LogP contribution in [0.15, 0.2) is 0 Å². The highest BCUT2D eigenvalue weighted by molar-refractivity contribution is 7.89. The lowest BCUT2D eigenvalue weighted by Crippen LogP contribution is -2.46. The normalized spacial score (nSPS) is 25.1. The topological polar surface area (TPSA) is 63.4 Å². The average Bonchev–Trinajstić information content (AvgIpc) is 2.15. The number of hydrogen-bond acceptors (Lipinski definition) is 3. The van der Waals surface area contributed by atoms with Crippen LogP contribution in [0, 0.1) is 0 Å². The number of piperidine rings is 1. The molecule has 0 radical (unpaired) electrons. The van der Waals surface area contributed by atoms with E-state index in [1.165, 1.54) is 4.31 Å². The second-order valence-electron chi connectivity index (χ2n) is 3.62. The van der Waals surface area contributed by atoms with Gasteiger partial charge in [-0.2, -0.15) is 0 Å². The summed E-state index contributed by atoms with van der Waals surface area (Å²) in [6.07, 6.45) is 1.75. The van der Waals surface area contributed by atoms with Gasteiger partial charge in [-0.15, -0.1) is 0 Å². The zero-order valence-electron chi connectivity index (χ0n) is 8.15. The summed E-state index contributed by atoms with van der Waals surface area (Å²) in [4.78, 5) is 0. The molecule has 1 atom stereocenters. The van der Waals surface area contributed by atoms with Gasteiger partial charge in [0.15, 0.2) is 0 Å². The second kappa shape index (κ2) is 5.04. The minimum absolute atomic E-state index is 0.0658. The van der Waals surface area contributed by atoms with Crippen LogP contribution in [-0.4, -0.2) is 44.3 Å². The summed E-state index contributed by atoms with van der Waals surface area (Å²) >= 11 is 0. The van der Waals surface area contributed by atoms with Gasteiger partial charge in [-0.05, 0) is 19.3 Å². The maximum atomic E-state index is 11.9. The van der Waals surface area contributed by atoms with Crippen LogP contribution in [0.25, 0.3) is 0 Å². The largest absolute Gasteiger partial charge is 0.327 e. The van der Waals surface area contributed by atoms with Crippen molar-refractivity contribution in [2.75, 3.05) is 25.5 Å². The molecular formula is C8H17FN2O2S. The number of nitrogens with two attached hydrogens (primary N) is 1. The van der Waals surface area contributed by atoms with Gasteiger partial charge in [0.05, 0.1) is 12.4 Å². The van der Waals surface area contributed by atoms with Crippen LogP contribution < -0.4 is 5.73 Å². The molecule has 1 fully saturated rings. The highest BCUT2D eigenvalue weighted by Gasteiger charge is 2.26. The molecule has 0 saturated carbocycles. The Morgan fingerprint density at radius 3 is 2.79 bits per heavy atom. The van der Waals surface area contributed by atoms with Crippen molar-refractivity contribution in [3.63, 3.8) is 0 Å². The summed E-state index contributed by atoms with van der Waals surface area (Å²) in [5.41, 5.74) is 5.67. The Bertz CT molecular complexity index is 269. The van der Waals surface area contributed by atoms with Crippen LogP contribution in [0.1, 0.15) is 19.3 Å². The molecular weight excluding hydrogens is 207 g/mol. The van der Waals surface area contributed by atoms with Crippen LogP contribution >= 0.6 is 0 Å². The predicted octanol–water partition coefficient (Wildman–Crippen LogP) is 0.0989. The zero-order chi connectivity index (χ0) is 10.6. The van der Waals surface area contributed by atoms with Crippen molar-refractivity contribution in [3.8, 4) is 0 Å². The molecule has 1 heterocycles. The molecule has 0 aromatic carbocycles. The molecule has 0 aliphatic carbocycles. The Labute approximate surface area is 84.3 Å². The fraction of sp³-hybridized carbons (Fsp3) is 1.00. The third-order valence-corrected chi connectivity index (χ3v) is 4.27. The lowest BCUT2D eigenvalue weighted by molar-refractivity contribution is 0.315. The van der Waals surface area contributed by atoms with E-state index in [9.17, 15) is 12.8 Å². The maximum absolute atomic E-state index is 11.9. The van der Waals surface area contributed by atoms with Crippen LogP contribution in [0.3, 0.4) is 0 Å². The number of nitrogens with zero attached hydrogens (tertiary/aromatic N) is 1. The van der Waals surface area contributed by atoms with E-state index in [0.717, 1.165) is 12.8 Å². The Balaban J connectivity index is 2.53. The van der Waals surface area contributed by atoms with Crippen molar-refractivity contribution >= 4 is 10.0 Å². The number of alkyl halides is 1. The summed E-state index contributed by atoms with van der Waals surface area (Å²) in [6.45, 7) is 0.329. The van der Waals surface area contributed by atoms with E-state index in [4.69, 9.17) is 5.73 Å². The van der Waals surface area contributed by atoms with Crippen molar-refractivity contribution in [1.82, 2.24) is 4.31 Å². The number of rotatable bonds is 4. The van der Waals surface area contributed by atoms with Crippen molar-refractivity contribution in [2.24, 2.45) is 5.73 Å². The lowest BCUT2D eigenvalue weighted by Gasteiger charge is -2.29. The zero-order valence-corrected chi connectivity index (χ0v) is 8.97. The van der Waals surface area contributed by atoms with Gasteiger partial charge in [0.2, 0.25) is 10.0 Å². The number of sulfonamides is 1.